The van der Waals surface area contributed by atoms with E-state index in [0.29, 0.717) is 6.04 Å². The monoisotopic (exact) mass is 256 g/mol. The van der Waals surface area contributed by atoms with E-state index in [0.717, 1.165) is 31.9 Å². The summed E-state index contributed by atoms with van der Waals surface area (Å²) in [4.78, 5) is 2.49. The Kier molecular flexibility index (Phi) is 5.75. The van der Waals surface area contributed by atoms with Crippen LogP contribution in [-0.4, -0.2) is 38.2 Å². The van der Waals surface area contributed by atoms with Crippen molar-refractivity contribution in [1.29, 1.82) is 0 Å². The molecule has 0 aliphatic carbocycles. The van der Waals surface area contributed by atoms with Gasteiger partial charge in [0.1, 0.15) is 5.75 Å². The molecule has 2 rings (SSSR count). The van der Waals surface area contributed by atoms with Crippen molar-refractivity contribution in [2.24, 2.45) is 0 Å². The predicted octanol–water partition coefficient (Wildman–Crippen LogP) is 2.08. The van der Waals surface area contributed by atoms with E-state index in [1.807, 2.05) is 12.1 Å². The third kappa shape index (κ3) is 3.12. The first kappa shape index (κ1) is 14.3. The molecule has 1 aromatic carbocycles. The summed E-state index contributed by atoms with van der Waals surface area (Å²) in [6.07, 6.45) is 0. The van der Waals surface area contributed by atoms with Gasteiger partial charge < -0.3 is 10.1 Å². The molecule has 1 saturated heterocycles. The summed E-state index contributed by atoms with van der Waals surface area (Å²) in [7, 11) is 1.74. The molecule has 0 aromatic heterocycles. The van der Waals surface area contributed by atoms with Gasteiger partial charge in [0.2, 0.25) is 0 Å². The Hall–Kier alpha value is -0.770. The molecule has 0 spiro atoms. The number of hydrogen-bond acceptors (Lipinski definition) is 3. The Morgan fingerprint density at radius 3 is 2.88 bits per heavy atom. The van der Waals surface area contributed by atoms with Gasteiger partial charge in [0, 0.05) is 25.2 Å². The summed E-state index contributed by atoms with van der Waals surface area (Å²) in [5.74, 6) is 0.995. The van der Waals surface area contributed by atoms with Crippen LogP contribution < -0.4 is 10.1 Å². The van der Waals surface area contributed by atoms with Gasteiger partial charge in [-0.2, -0.15) is 0 Å². The van der Waals surface area contributed by atoms with Crippen LogP contribution >= 0.6 is 12.4 Å². The molecule has 0 amide bonds. The summed E-state index contributed by atoms with van der Waals surface area (Å²) < 4.78 is 5.44. The second kappa shape index (κ2) is 6.84. The highest BCUT2D eigenvalue weighted by atomic mass is 35.5. The van der Waals surface area contributed by atoms with Gasteiger partial charge in [0.25, 0.3) is 0 Å². The van der Waals surface area contributed by atoms with Gasteiger partial charge in [0.05, 0.1) is 13.2 Å². The quantitative estimate of drug-likeness (QED) is 0.896. The Balaban J connectivity index is 0.00000144. The lowest BCUT2D eigenvalue weighted by Gasteiger charge is -2.36. The molecule has 1 fully saturated rings. The van der Waals surface area contributed by atoms with E-state index < -0.39 is 0 Å². The van der Waals surface area contributed by atoms with Crippen LogP contribution in [0.2, 0.25) is 0 Å². The highest BCUT2D eigenvalue weighted by molar-refractivity contribution is 5.85. The Bertz CT molecular complexity index is 346. The van der Waals surface area contributed by atoms with Crippen LogP contribution in [0.5, 0.6) is 5.75 Å². The van der Waals surface area contributed by atoms with E-state index in [1.165, 1.54) is 5.56 Å². The van der Waals surface area contributed by atoms with Crippen LogP contribution in [0.25, 0.3) is 0 Å². The van der Waals surface area contributed by atoms with Gasteiger partial charge in [-0.3, -0.25) is 4.90 Å². The number of halogens is 1. The normalized spacial score (nSPS) is 20.7. The van der Waals surface area contributed by atoms with Crippen LogP contribution in [0.1, 0.15) is 18.5 Å². The van der Waals surface area contributed by atoms with Crippen molar-refractivity contribution in [1.82, 2.24) is 10.2 Å². The van der Waals surface area contributed by atoms with Gasteiger partial charge in [-0.05, 0) is 12.6 Å². The Labute approximate surface area is 110 Å². The second-order valence-corrected chi connectivity index (χ2v) is 4.09. The molecule has 96 valence electrons. The third-order valence-electron chi connectivity index (χ3n) is 3.26. The van der Waals surface area contributed by atoms with E-state index in [-0.39, 0.29) is 12.4 Å². The molecule has 1 N–H and O–H groups in total. The molecule has 0 radical (unpaired) electrons. The maximum atomic E-state index is 5.44. The van der Waals surface area contributed by atoms with Gasteiger partial charge in [-0.25, -0.2) is 0 Å². The first-order valence-electron chi connectivity index (χ1n) is 5.94. The predicted molar refractivity (Wildman–Crippen MR) is 73.1 cm³/mol. The molecule has 1 unspecified atom stereocenters. The molecule has 1 aliphatic rings. The molecule has 1 aromatic rings. The van der Waals surface area contributed by atoms with E-state index in [9.17, 15) is 0 Å². The molecule has 1 aliphatic heterocycles. The molecule has 3 nitrogen and oxygen atoms in total. The first-order chi connectivity index (χ1) is 7.86. The fourth-order valence-corrected chi connectivity index (χ4v) is 2.37. The average Bonchev–Trinajstić information content (AvgIpc) is 2.38. The van der Waals surface area contributed by atoms with E-state index in [1.54, 1.807) is 7.11 Å². The van der Waals surface area contributed by atoms with E-state index in [2.05, 4.69) is 29.3 Å². The van der Waals surface area contributed by atoms with Gasteiger partial charge in [0.15, 0.2) is 0 Å². The second-order valence-electron chi connectivity index (χ2n) is 4.09. The summed E-state index contributed by atoms with van der Waals surface area (Å²) in [6.45, 7) is 6.51. The summed E-state index contributed by atoms with van der Waals surface area (Å²) in [5, 5.41) is 3.45. The zero-order valence-corrected chi connectivity index (χ0v) is 11.3. The van der Waals surface area contributed by atoms with Crippen molar-refractivity contribution in [3.8, 4) is 5.75 Å². The number of rotatable bonds is 3. The molecule has 1 atom stereocenters. The lowest BCUT2D eigenvalue weighted by molar-refractivity contribution is 0.168. The Morgan fingerprint density at radius 1 is 1.41 bits per heavy atom. The molecule has 17 heavy (non-hydrogen) atoms. The van der Waals surface area contributed by atoms with Crippen LogP contribution in [0.15, 0.2) is 24.3 Å². The van der Waals surface area contributed by atoms with Gasteiger partial charge >= 0.3 is 0 Å². The number of nitrogens with zero attached hydrogens (tertiary/aromatic N) is 1. The number of benzene rings is 1. The van der Waals surface area contributed by atoms with Crippen molar-refractivity contribution < 1.29 is 4.74 Å². The summed E-state index contributed by atoms with van der Waals surface area (Å²) in [6, 6.07) is 8.75. The number of methoxy groups -OCH3 is 1. The fraction of sp³-hybridized carbons (Fsp3) is 0.538. The van der Waals surface area contributed by atoms with Gasteiger partial charge in [-0.1, -0.05) is 25.1 Å². The number of likely N-dealkylation sites (N-methyl/N-ethyl adjacent to an activating group) is 1. The molecule has 1 heterocycles. The SMILES string of the molecule is CCN1CCNCC1c1ccccc1OC.Cl. The highest BCUT2D eigenvalue weighted by Crippen LogP contribution is 2.29. The standard InChI is InChI=1S/C13H20N2O.ClH/c1-3-15-9-8-14-10-12(15)11-6-4-5-7-13(11)16-2;/h4-7,12,14H,3,8-10H2,1-2H3;1H. The van der Waals surface area contributed by atoms with E-state index >= 15 is 0 Å². The van der Waals surface area contributed by atoms with Crippen molar-refractivity contribution >= 4 is 12.4 Å². The lowest BCUT2D eigenvalue weighted by atomic mass is 10.0. The van der Waals surface area contributed by atoms with Crippen LogP contribution in [0.4, 0.5) is 0 Å². The number of para-hydroxylation sites is 1. The first-order valence-corrected chi connectivity index (χ1v) is 5.94. The minimum absolute atomic E-state index is 0. The van der Waals surface area contributed by atoms with Crippen molar-refractivity contribution in [3.05, 3.63) is 29.8 Å². The topological polar surface area (TPSA) is 24.5 Å². The number of piperazine rings is 1. The van der Waals surface area contributed by atoms with Crippen molar-refractivity contribution in [2.45, 2.75) is 13.0 Å². The van der Waals surface area contributed by atoms with Crippen LogP contribution in [0.3, 0.4) is 0 Å². The zero-order valence-electron chi connectivity index (χ0n) is 10.5. The van der Waals surface area contributed by atoms with Crippen molar-refractivity contribution in [3.63, 3.8) is 0 Å². The van der Waals surface area contributed by atoms with Gasteiger partial charge in [-0.15, -0.1) is 12.4 Å². The molecular weight excluding hydrogens is 236 g/mol. The number of hydrogen-bond donors (Lipinski definition) is 1. The zero-order chi connectivity index (χ0) is 11.4. The number of ether oxygens (including phenoxy) is 1. The van der Waals surface area contributed by atoms with E-state index in [4.69, 9.17) is 4.74 Å². The third-order valence-corrected chi connectivity index (χ3v) is 3.26. The molecular formula is C13H21ClN2O. The smallest absolute Gasteiger partial charge is 0.123 e. The molecule has 0 saturated carbocycles. The van der Waals surface area contributed by atoms with Crippen LogP contribution in [-0.2, 0) is 0 Å². The average molecular weight is 257 g/mol. The summed E-state index contributed by atoms with van der Waals surface area (Å²) in [5.41, 5.74) is 1.29. The summed E-state index contributed by atoms with van der Waals surface area (Å²) >= 11 is 0. The number of nitrogens with one attached hydrogen (secondary N) is 1. The minimum Gasteiger partial charge on any atom is -0.496 e. The van der Waals surface area contributed by atoms with Crippen LogP contribution in [0, 0.1) is 0 Å². The largest absolute Gasteiger partial charge is 0.496 e. The Morgan fingerprint density at radius 2 is 2.18 bits per heavy atom. The minimum atomic E-state index is 0. The lowest BCUT2D eigenvalue weighted by Crippen LogP contribution is -2.45. The maximum absolute atomic E-state index is 5.44. The highest BCUT2D eigenvalue weighted by Gasteiger charge is 2.24. The molecule has 0 bridgehead atoms. The van der Waals surface area contributed by atoms with Crippen molar-refractivity contribution in [2.75, 3.05) is 33.3 Å². The fourth-order valence-electron chi connectivity index (χ4n) is 2.37. The maximum Gasteiger partial charge on any atom is 0.123 e. The molecule has 4 heteroatoms.